The highest BCUT2D eigenvalue weighted by Crippen LogP contribution is 2.47. The fourth-order valence-corrected chi connectivity index (χ4v) is 3.78. The summed E-state index contributed by atoms with van der Waals surface area (Å²) in [6.45, 7) is 9.20. The average Bonchev–Trinajstić information content (AvgIpc) is 2.18. The largest absolute Gasteiger partial charge is 0.257 e. The summed E-state index contributed by atoms with van der Waals surface area (Å²) >= 11 is 0. The molecule has 82 valence electrons. The van der Waals surface area contributed by atoms with Crippen molar-refractivity contribution in [1.29, 1.82) is 0 Å². The van der Waals surface area contributed by atoms with Gasteiger partial charge < -0.3 is 0 Å². The lowest BCUT2D eigenvalue weighted by atomic mass is 10.3. The lowest BCUT2D eigenvalue weighted by molar-refractivity contribution is 1.02. The summed E-state index contributed by atoms with van der Waals surface area (Å²) < 4.78 is 0. The van der Waals surface area contributed by atoms with Crippen LogP contribution in [-0.2, 0) is 0 Å². The van der Waals surface area contributed by atoms with Crippen molar-refractivity contribution in [1.82, 2.24) is 4.98 Å². The van der Waals surface area contributed by atoms with Crippen molar-refractivity contribution in [3.8, 4) is 0 Å². The molecule has 1 heterocycles. The van der Waals surface area contributed by atoms with E-state index in [9.17, 15) is 0 Å². The summed E-state index contributed by atoms with van der Waals surface area (Å²) in [6.07, 6.45) is 4.00. The summed E-state index contributed by atoms with van der Waals surface area (Å²) in [6, 6.07) is 6.02. The summed E-state index contributed by atoms with van der Waals surface area (Å²) in [5.41, 5.74) is 2.56. The maximum atomic E-state index is 4.29. The molecule has 1 rings (SSSR count). The molecule has 15 heavy (non-hydrogen) atoms. The van der Waals surface area contributed by atoms with Gasteiger partial charge in [-0.15, -0.1) is 0 Å². The van der Waals surface area contributed by atoms with Crippen molar-refractivity contribution >= 4 is 14.0 Å². The Labute approximate surface area is 94.4 Å². The molecular formula is C13H20NP. The Bertz CT molecular complexity index is 296. The van der Waals surface area contributed by atoms with Gasteiger partial charge in [0.15, 0.2) is 0 Å². The van der Waals surface area contributed by atoms with Crippen LogP contribution >= 0.6 is 7.92 Å². The van der Waals surface area contributed by atoms with Crippen LogP contribution in [0.3, 0.4) is 0 Å². The van der Waals surface area contributed by atoms with E-state index in [-0.39, 0.29) is 7.92 Å². The van der Waals surface area contributed by atoms with E-state index in [2.05, 4.69) is 44.6 Å². The number of rotatable bonds is 4. The minimum atomic E-state index is -0.0229. The maximum absolute atomic E-state index is 4.29. The third-order valence-electron chi connectivity index (χ3n) is 2.30. The number of nitrogens with zero attached hydrogens (tertiary/aromatic N) is 1. The van der Waals surface area contributed by atoms with Crippen LogP contribution in [0.5, 0.6) is 0 Å². The zero-order valence-corrected chi connectivity index (χ0v) is 10.9. The fourth-order valence-electron chi connectivity index (χ4n) is 1.58. The first kappa shape index (κ1) is 12.4. The van der Waals surface area contributed by atoms with Crippen LogP contribution in [0.15, 0.2) is 30.2 Å². The highest BCUT2D eigenvalue weighted by molar-refractivity contribution is 7.62. The Morgan fingerprint density at radius 2 is 1.80 bits per heavy atom. The Hall–Kier alpha value is -0.680. The zero-order valence-electron chi connectivity index (χ0n) is 10.0. The second-order valence-corrected chi connectivity index (χ2v) is 7.46. The number of pyridine rings is 1. The standard InChI is InChI=1S/C13H20NP/c1-11(2)15(12(3)4)10-8-13-7-5-6-9-14-13/h5-12H,1-4H3/b10-8+. The highest BCUT2D eigenvalue weighted by Gasteiger charge is 2.12. The molecule has 0 bridgehead atoms. The minimum absolute atomic E-state index is 0.0229. The number of aromatic nitrogens is 1. The van der Waals surface area contributed by atoms with Crippen molar-refractivity contribution in [3.05, 3.63) is 35.9 Å². The first-order chi connectivity index (χ1) is 7.11. The quantitative estimate of drug-likeness (QED) is 0.689. The van der Waals surface area contributed by atoms with Crippen molar-refractivity contribution < 1.29 is 0 Å². The summed E-state index contributed by atoms with van der Waals surface area (Å²) in [5, 5.41) is 0. The average molecular weight is 221 g/mol. The zero-order chi connectivity index (χ0) is 11.3. The fraction of sp³-hybridized carbons (Fsp3) is 0.462. The van der Waals surface area contributed by atoms with Crippen molar-refractivity contribution in [3.63, 3.8) is 0 Å². The van der Waals surface area contributed by atoms with E-state index in [4.69, 9.17) is 0 Å². The van der Waals surface area contributed by atoms with Crippen molar-refractivity contribution in [2.24, 2.45) is 0 Å². The van der Waals surface area contributed by atoms with Gasteiger partial charge in [0.1, 0.15) is 0 Å². The van der Waals surface area contributed by atoms with Gasteiger partial charge in [-0.3, -0.25) is 4.98 Å². The molecule has 0 N–H and O–H groups in total. The third kappa shape index (κ3) is 4.13. The van der Waals surface area contributed by atoms with E-state index in [0.29, 0.717) is 0 Å². The van der Waals surface area contributed by atoms with Gasteiger partial charge in [-0.25, -0.2) is 0 Å². The van der Waals surface area contributed by atoms with Crippen molar-refractivity contribution in [2.75, 3.05) is 0 Å². The normalized spacial score (nSPS) is 12.2. The van der Waals surface area contributed by atoms with Crippen LogP contribution in [0.1, 0.15) is 33.4 Å². The second-order valence-electron chi connectivity index (χ2n) is 4.21. The molecule has 1 nitrogen and oxygen atoms in total. The molecule has 0 unspecified atom stereocenters. The lowest BCUT2D eigenvalue weighted by Crippen LogP contribution is -2.00. The van der Waals surface area contributed by atoms with Crippen LogP contribution in [-0.4, -0.2) is 16.3 Å². The molecule has 0 saturated carbocycles. The summed E-state index contributed by atoms with van der Waals surface area (Å²) in [7, 11) is -0.0229. The van der Waals surface area contributed by atoms with Gasteiger partial charge in [0, 0.05) is 6.20 Å². The van der Waals surface area contributed by atoms with E-state index >= 15 is 0 Å². The Kier molecular flexibility index (Phi) is 4.98. The summed E-state index contributed by atoms with van der Waals surface area (Å²) in [5.74, 6) is 2.35. The molecule has 0 spiro atoms. The number of hydrogen-bond acceptors (Lipinski definition) is 1. The van der Waals surface area contributed by atoms with Crippen molar-refractivity contribution in [2.45, 2.75) is 39.0 Å². The maximum Gasteiger partial charge on any atom is 0.0630 e. The third-order valence-corrected chi connectivity index (χ3v) is 5.18. The smallest absolute Gasteiger partial charge is 0.0630 e. The lowest BCUT2D eigenvalue weighted by Gasteiger charge is -2.21. The van der Waals surface area contributed by atoms with Crippen LogP contribution < -0.4 is 0 Å². The molecular weight excluding hydrogens is 201 g/mol. The minimum Gasteiger partial charge on any atom is -0.257 e. The van der Waals surface area contributed by atoms with E-state index in [1.807, 2.05) is 24.4 Å². The van der Waals surface area contributed by atoms with Gasteiger partial charge in [0.25, 0.3) is 0 Å². The number of hydrogen-bond donors (Lipinski definition) is 0. The molecule has 0 amide bonds. The van der Waals surface area contributed by atoms with Gasteiger partial charge in [-0.1, -0.05) is 47.5 Å². The molecule has 0 aliphatic carbocycles. The second kappa shape index (κ2) is 6.02. The first-order valence-electron chi connectivity index (χ1n) is 5.48. The Balaban J connectivity index is 2.70. The molecule has 1 aromatic heterocycles. The van der Waals surface area contributed by atoms with E-state index in [1.165, 1.54) is 0 Å². The summed E-state index contributed by atoms with van der Waals surface area (Å²) in [4.78, 5) is 4.29. The van der Waals surface area contributed by atoms with E-state index in [1.54, 1.807) is 0 Å². The molecule has 0 aromatic carbocycles. The molecule has 0 aliphatic rings. The van der Waals surface area contributed by atoms with Gasteiger partial charge in [-0.05, 0) is 29.5 Å². The monoisotopic (exact) mass is 221 g/mol. The van der Waals surface area contributed by atoms with Crippen LogP contribution in [0.4, 0.5) is 0 Å². The predicted octanol–water partition coefficient (Wildman–Crippen LogP) is 4.35. The Morgan fingerprint density at radius 3 is 2.27 bits per heavy atom. The first-order valence-corrected chi connectivity index (χ1v) is 7.03. The predicted molar refractivity (Wildman–Crippen MR) is 70.5 cm³/mol. The Morgan fingerprint density at radius 1 is 1.13 bits per heavy atom. The molecule has 0 fully saturated rings. The SMILES string of the molecule is CC(C)P(/C=C/c1ccccn1)C(C)C. The van der Waals surface area contributed by atoms with Gasteiger partial charge in [-0.2, -0.15) is 0 Å². The van der Waals surface area contributed by atoms with Crippen LogP contribution in [0.25, 0.3) is 6.08 Å². The molecule has 0 aliphatic heterocycles. The van der Waals surface area contributed by atoms with Gasteiger partial charge in [0.05, 0.1) is 5.69 Å². The molecule has 1 aromatic rings. The topological polar surface area (TPSA) is 12.9 Å². The van der Waals surface area contributed by atoms with E-state index in [0.717, 1.165) is 17.0 Å². The molecule has 0 saturated heterocycles. The van der Waals surface area contributed by atoms with Gasteiger partial charge in [0.2, 0.25) is 0 Å². The molecule has 2 heteroatoms. The molecule has 0 radical (unpaired) electrons. The molecule has 0 atom stereocenters. The van der Waals surface area contributed by atoms with Gasteiger partial charge >= 0.3 is 0 Å². The van der Waals surface area contributed by atoms with E-state index < -0.39 is 0 Å². The highest BCUT2D eigenvalue weighted by atomic mass is 31.1. The van der Waals surface area contributed by atoms with Crippen LogP contribution in [0, 0.1) is 0 Å². The van der Waals surface area contributed by atoms with Crippen LogP contribution in [0.2, 0.25) is 0 Å².